The first-order valence-electron chi connectivity index (χ1n) is 6.21. The van der Waals surface area contributed by atoms with Crippen LogP contribution in [-0.2, 0) is 0 Å². The Morgan fingerprint density at radius 1 is 0.586 bits per heavy atom. The van der Waals surface area contributed by atoms with E-state index in [1.807, 2.05) is 25.1 Å². The van der Waals surface area contributed by atoms with E-state index in [0.717, 1.165) is 10.2 Å². The molecule has 0 radical (unpaired) electrons. The van der Waals surface area contributed by atoms with Crippen molar-refractivity contribution >= 4 is 50.6 Å². The molecule has 29 heavy (non-hydrogen) atoms. The number of hydrogen-bond acceptors (Lipinski definition) is 1. The molecule has 1 nitrogen and oxygen atoms in total. The van der Waals surface area contributed by atoms with Gasteiger partial charge in [0, 0.05) is 10.2 Å². The van der Waals surface area contributed by atoms with E-state index >= 15 is 0 Å². The first-order chi connectivity index (χ1) is 12.2. The number of halogens is 17. The Balaban J connectivity index is -0.000000140. The highest BCUT2D eigenvalue weighted by atomic mass is 79.9. The molecule has 0 saturated carbocycles. The largest absolute Gasteiger partial charge is 0.673 e. The molecule has 0 spiro atoms. The van der Waals surface area contributed by atoms with Crippen molar-refractivity contribution in [2.75, 3.05) is 5.73 Å². The van der Waals surface area contributed by atoms with Gasteiger partial charge in [-0.2, -0.15) is 0 Å². The second kappa shape index (κ2) is 14.6. The number of nitrogen functional groups attached to an aromatic ring is 1. The minimum atomic E-state index is -6.00. The minimum absolute atomic E-state index is 0.792. The molecular formula is C7H8B4BrF16N-4. The molecule has 2 N–H and O–H groups in total. The summed E-state index contributed by atoms with van der Waals surface area (Å²) in [5, 5.41) is 0. The van der Waals surface area contributed by atoms with Gasteiger partial charge in [-0.05, 0) is 40.5 Å². The second-order valence-corrected chi connectivity index (χ2v) is 4.86. The van der Waals surface area contributed by atoms with Crippen molar-refractivity contribution in [1.82, 2.24) is 0 Å². The quantitative estimate of drug-likeness (QED) is 0.208. The molecule has 0 aliphatic rings. The first-order valence-corrected chi connectivity index (χ1v) is 7.00. The van der Waals surface area contributed by atoms with Crippen LogP contribution in [0.15, 0.2) is 22.7 Å². The van der Waals surface area contributed by atoms with E-state index in [9.17, 15) is 69.1 Å². The highest BCUT2D eigenvalue weighted by Gasteiger charge is 2.21. The van der Waals surface area contributed by atoms with Crippen molar-refractivity contribution in [2.45, 2.75) is 6.92 Å². The van der Waals surface area contributed by atoms with Crippen molar-refractivity contribution in [3.05, 3.63) is 28.2 Å². The van der Waals surface area contributed by atoms with Crippen LogP contribution in [0.5, 0.6) is 0 Å². The summed E-state index contributed by atoms with van der Waals surface area (Å²) in [6.07, 6.45) is 0. The lowest BCUT2D eigenvalue weighted by Crippen LogP contribution is -2.02. The lowest BCUT2D eigenvalue weighted by atomic mass is 10.2. The molecule has 1 aromatic rings. The van der Waals surface area contributed by atoms with Gasteiger partial charge in [-0.15, -0.1) is 0 Å². The van der Waals surface area contributed by atoms with Gasteiger partial charge in [0.15, 0.2) is 0 Å². The van der Waals surface area contributed by atoms with Crippen LogP contribution in [-0.4, -0.2) is 29.0 Å². The average molecular weight is 533 g/mol. The van der Waals surface area contributed by atoms with Crippen LogP contribution in [0.3, 0.4) is 0 Å². The van der Waals surface area contributed by atoms with Gasteiger partial charge in [-0.25, -0.2) is 0 Å². The van der Waals surface area contributed by atoms with Gasteiger partial charge in [-0.3, -0.25) is 0 Å². The molecule has 0 fully saturated rings. The van der Waals surface area contributed by atoms with E-state index in [0.29, 0.717) is 0 Å². The molecule has 0 saturated heterocycles. The summed E-state index contributed by atoms with van der Waals surface area (Å²) >= 11 is 3.32. The SMILES string of the molecule is Cc1ccc(N)c(Br)c1.F[B-](F)(F)F.F[B-](F)(F)F.F[B-](F)(F)F.F[B-](F)(F)F. The molecule has 0 aliphatic heterocycles. The molecule has 176 valence electrons. The van der Waals surface area contributed by atoms with Gasteiger partial charge in [0.25, 0.3) is 0 Å². The highest BCUT2D eigenvalue weighted by Crippen LogP contribution is 2.19. The Morgan fingerprint density at radius 2 is 0.793 bits per heavy atom. The summed E-state index contributed by atoms with van der Waals surface area (Å²) in [5.74, 6) is 0. The van der Waals surface area contributed by atoms with Crippen LogP contribution >= 0.6 is 15.9 Å². The van der Waals surface area contributed by atoms with Gasteiger partial charge in [0.05, 0.1) is 0 Å². The van der Waals surface area contributed by atoms with Crippen LogP contribution < -0.4 is 5.73 Å². The Bertz CT molecular complexity index is 468. The lowest BCUT2D eigenvalue weighted by molar-refractivity contribution is 0.366. The van der Waals surface area contributed by atoms with Crippen molar-refractivity contribution in [2.24, 2.45) is 0 Å². The Hall–Kier alpha value is -1.36. The molecule has 0 heterocycles. The highest BCUT2D eigenvalue weighted by molar-refractivity contribution is 9.10. The normalized spacial score (nSPS) is 11.2. The van der Waals surface area contributed by atoms with E-state index in [1.165, 1.54) is 5.56 Å². The van der Waals surface area contributed by atoms with E-state index in [1.54, 1.807) is 0 Å². The fraction of sp³-hybridized carbons (Fsp3) is 0.143. The smallest absolute Gasteiger partial charge is 0.418 e. The summed E-state index contributed by atoms with van der Waals surface area (Å²) in [6, 6.07) is 5.87. The van der Waals surface area contributed by atoms with E-state index < -0.39 is 29.0 Å². The Kier molecular flexibility index (Phi) is 17.7. The predicted octanol–water partition coefficient (Wildman–Crippen LogP) is 7.54. The molecule has 0 bridgehead atoms. The fourth-order valence-electron chi connectivity index (χ4n) is 0.632. The van der Waals surface area contributed by atoms with E-state index in [4.69, 9.17) is 5.73 Å². The third kappa shape index (κ3) is 119. The number of anilines is 1. The maximum atomic E-state index is 9.75. The molecule has 0 unspecified atom stereocenters. The van der Waals surface area contributed by atoms with Crippen molar-refractivity contribution in [3.63, 3.8) is 0 Å². The Labute approximate surface area is 161 Å². The Morgan fingerprint density at radius 3 is 0.931 bits per heavy atom. The zero-order chi connectivity index (χ0) is 24.9. The summed E-state index contributed by atoms with van der Waals surface area (Å²) in [7, 11) is -24.0. The summed E-state index contributed by atoms with van der Waals surface area (Å²) < 4.78 is 157. The first kappa shape index (κ1) is 35.1. The molecule has 0 amide bonds. The van der Waals surface area contributed by atoms with Crippen molar-refractivity contribution in [3.8, 4) is 0 Å². The third-order valence-electron chi connectivity index (χ3n) is 1.16. The van der Waals surface area contributed by atoms with Crippen molar-refractivity contribution in [1.29, 1.82) is 0 Å². The molecule has 22 heteroatoms. The van der Waals surface area contributed by atoms with Crippen molar-refractivity contribution < 1.29 is 69.1 Å². The number of aryl methyl sites for hydroxylation is 1. The van der Waals surface area contributed by atoms with Crippen LogP contribution in [0.4, 0.5) is 74.7 Å². The standard InChI is InChI=1S/C7H8BrN.4BF4/c1-5-2-3-7(9)6(8)4-5;4*2-1(3,4)5/h2-4H,9H2,1H3;;;;/q;4*-1. The molecular weight excluding hydrogens is 525 g/mol. The monoisotopic (exact) mass is 533 g/mol. The molecule has 1 rings (SSSR count). The van der Waals surface area contributed by atoms with Crippen LogP contribution in [0.1, 0.15) is 5.56 Å². The van der Waals surface area contributed by atoms with E-state index in [2.05, 4.69) is 15.9 Å². The maximum Gasteiger partial charge on any atom is 0.673 e. The zero-order valence-electron chi connectivity index (χ0n) is 13.5. The topological polar surface area (TPSA) is 26.0 Å². The summed E-state index contributed by atoms with van der Waals surface area (Å²) in [4.78, 5) is 0. The maximum absolute atomic E-state index is 9.75. The van der Waals surface area contributed by atoms with Gasteiger partial charge in [0.1, 0.15) is 0 Å². The zero-order valence-corrected chi connectivity index (χ0v) is 15.1. The summed E-state index contributed by atoms with van der Waals surface area (Å²) in [6.45, 7) is 2.03. The number of hydrogen-bond donors (Lipinski definition) is 1. The minimum Gasteiger partial charge on any atom is -0.418 e. The molecule has 0 aromatic heterocycles. The van der Waals surface area contributed by atoms with Gasteiger partial charge >= 0.3 is 29.0 Å². The van der Waals surface area contributed by atoms with Crippen LogP contribution in [0.2, 0.25) is 0 Å². The lowest BCUT2D eigenvalue weighted by Gasteiger charge is -1.96. The molecule has 0 atom stereocenters. The van der Waals surface area contributed by atoms with Gasteiger partial charge in [-0.1, -0.05) is 6.07 Å². The van der Waals surface area contributed by atoms with Crippen LogP contribution in [0.25, 0.3) is 0 Å². The van der Waals surface area contributed by atoms with E-state index in [-0.39, 0.29) is 0 Å². The molecule has 1 aromatic carbocycles. The fourth-order valence-corrected chi connectivity index (χ4v) is 1.13. The molecule has 0 aliphatic carbocycles. The second-order valence-electron chi connectivity index (χ2n) is 4.00. The number of benzene rings is 1. The van der Waals surface area contributed by atoms with Gasteiger partial charge in [0.2, 0.25) is 0 Å². The van der Waals surface area contributed by atoms with Crippen LogP contribution in [0, 0.1) is 6.92 Å². The average Bonchev–Trinajstić information content (AvgIpc) is 2.25. The summed E-state index contributed by atoms with van der Waals surface area (Å²) in [5.41, 5.74) is 7.55. The predicted molar refractivity (Wildman–Crippen MR) is 84.0 cm³/mol. The number of nitrogens with two attached hydrogens (primary N) is 1. The third-order valence-corrected chi connectivity index (χ3v) is 1.84. The van der Waals surface area contributed by atoms with Gasteiger partial charge < -0.3 is 74.8 Å². The number of rotatable bonds is 0.